The Morgan fingerprint density at radius 1 is 1.25 bits per heavy atom. The minimum Gasteiger partial charge on any atom is -0.352 e. The van der Waals surface area contributed by atoms with E-state index >= 15 is 0 Å². The molecular formula is C18H20N4O5S. The van der Waals surface area contributed by atoms with Crippen LogP contribution in [-0.4, -0.2) is 48.2 Å². The fourth-order valence-corrected chi connectivity index (χ4v) is 4.54. The van der Waals surface area contributed by atoms with Crippen LogP contribution in [0.25, 0.3) is 0 Å². The van der Waals surface area contributed by atoms with E-state index in [2.05, 4.69) is 10.3 Å². The van der Waals surface area contributed by atoms with Gasteiger partial charge in [-0.2, -0.15) is 4.31 Å². The maximum absolute atomic E-state index is 12.6. The number of nitrogens with zero attached hydrogens (tertiary/aromatic N) is 3. The van der Waals surface area contributed by atoms with Crippen LogP contribution in [0.5, 0.6) is 0 Å². The molecular weight excluding hydrogens is 384 g/mol. The van der Waals surface area contributed by atoms with Crippen molar-refractivity contribution in [3.05, 3.63) is 64.5 Å². The molecule has 1 amide bonds. The number of non-ortho nitro benzene ring substituents is 1. The molecule has 2 heterocycles. The summed E-state index contributed by atoms with van der Waals surface area (Å²) in [5.41, 5.74) is 0.0901. The Labute approximate surface area is 162 Å². The van der Waals surface area contributed by atoms with Crippen molar-refractivity contribution in [3.63, 3.8) is 0 Å². The summed E-state index contributed by atoms with van der Waals surface area (Å²) >= 11 is 0. The highest BCUT2D eigenvalue weighted by Crippen LogP contribution is 2.23. The summed E-state index contributed by atoms with van der Waals surface area (Å²) in [5, 5.41) is 13.6. The molecule has 148 valence electrons. The number of nitro groups is 1. The number of benzene rings is 1. The monoisotopic (exact) mass is 404 g/mol. The molecule has 2 aromatic rings. The molecule has 0 radical (unpaired) electrons. The highest BCUT2D eigenvalue weighted by molar-refractivity contribution is 7.89. The van der Waals surface area contributed by atoms with Crippen molar-refractivity contribution in [2.45, 2.75) is 17.7 Å². The maximum Gasteiger partial charge on any atom is 0.270 e. The molecule has 3 rings (SSSR count). The van der Waals surface area contributed by atoms with Gasteiger partial charge in [-0.3, -0.25) is 19.9 Å². The zero-order valence-electron chi connectivity index (χ0n) is 15.0. The molecule has 0 aliphatic carbocycles. The number of piperidine rings is 1. The van der Waals surface area contributed by atoms with Crippen LogP contribution in [0.1, 0.15) is 23.2 Å². The van der Waals surface area contributed by atoms with Crippen LogP contribution in [0.15, 0.2) is 53.7 Å². The molecule has 1 fully saturated rings. The predicted octanol–water partition coefficient (Wildman–Crippen LogP) is 1.82. The lowest BCUT2D eigenvalue weighted by molar-refractivity contribution is -0.384. The van der Waals surface area contributed by atoms with E-state index < -0.39 is 14.9 Å². The van der Waals surface area contributed by atoms with Gasteiger partial charge in [0.05, 0.1) is 4.92 Å². The number of aromatic nitrogens is 1. The largest absolute Gasteiger partial charge is 0.352 e. The van der Waals surface area contributed by atoms with Gasteiger partial charge in [0.2, 0.25) is 10.0 Å². The summed E-state index contributed by atoms with van der Waals surface area (Å²) in [6, 6.07) is 8.66. The standard InChI is InChI=1S/C18H20N4O5S/c23-18(15-3-1-4-16(11-15)22(24)25)20-12-14-6-9-21(10-7-14)28(26,27)17-5-2-8-19-13-17/h1-5,8,11,13-14H,6-7,9-10,12H2,(H,20,23). The molecule has 1 aromatic heterocycles. The third-order valence-corrected chi connectivity index (χ3v) is 6.60. The SMILES string of the molecule is O=C(NCC1CCN(S(=O)(=O)c2cccnc2)CC1)c1cccc([N+](=O)[O-])c1. The van der Waals surface area contributed by atoms with Gasteiger partial charge in [0, 0.05) is 49.7 Å². The molecule has 1 aliphatic heterocycles. The van der Waals surface area contributed by atoms with Crippen LogP contribution in [0.3, 0.4) is 0 Å². The Morgan fingerprint density at radius 3 is 2.64 bits per heavy atom. The smallest absolute Gasteiger partial charge is 0.270 e. The first-order valence-corrected chi connectivity index (χ1v) is 10.2. The van der Waals surface area contributed by atoms with Gasteiger partial charge in [-0.15, -0.1) is 0 Å². The number of carbonyl (C=O) groups is 1. The Bertz CT molecular complexity index is 957. The first kappa shape index (κ1) is 19.9. The van der Waals surface area contributed by atoms with E-state index in [1.54, 1.807) is 6.07 Å². The Morgan fingerprint density at radius 2 is 2.00 bits per heavy atom. The van der Waals surface area contributed by atoms with E-state index in [-0.39, 0.29) is 28.0 Å². The van der Waals surface area contributed by atoms with E-state index in [1.807, 2.05) is 0 Å². The quantitative estimate of drug-likeness (QED) is 0.579. The fourth-order valence-electron chi connectivity index (χ4n) is 3.10. The van der Waals surface area contributed by atoms with Crippen molar-refractivity contribution in [1.29, 1.82) is 0 Å². The second-order valence-corrected chi connectivity index (χ2v) is 8.49. The summed E-state index contributed by atoms with van der Waals surface area (Å²) < 4.78 is 26.6. The second-order valence-electron chi connectivity index (χ2n) is 6.55. The Hall–Kier alpha value is -2.85. The molecule has 1 aliphatic rings. The lowest BCUT2D eigenvalue weighted by Crippen LogP contribution is -2.41. The third kappa shape index (κ3) is 4.52. The van der Waals surface area contributed by atoms with E-state index in [0.717, 1.165) is 0 Å². The summed E-state index contributed by atoms with van der Waals surface area (Å²) in [4.78, 5) is 26.5. The number of hydrogen-bond acceptors (Lipinski definition) is 6. The van der Waals surface area contributed by atoms with Gasteiger partial charge in [-0.05, 0) is 37.0 Å². The fraction of sp³-hybridized carbons (Fsp3) is 0.333. The van der Waals surface area contributed by atoms with Gasteiger partial charge in [0.25, 0.3) is 11.6 Å². The van der Waals surface area contributed by atoms with Crippen molar-refractivity contribution >= 4 is 21.6 Å². The second kappa shape index (κ2) is 8.44. The Kier molecular flexibility index (Phi) is 6.00. The molecule has 1 N–H and O–H groups in total. The van der Waals surface area contributed by atoms with Gasteiger partial charge < -0.3 is 5.32 Å². The van der Waals surface area contributed by atoms with Crippen LogP contribution >= 0.6 is 0 Å². The summed E-state index contributed by atoms with van der Waals surface area (Å²) in [5.74, 6) is -0.239. The molecule has 10 heteroatoms. The average molecular weight is 404 g/mol. The van der Waals surface area contributed by atoms with E-state index in [4.69, 9.17) is 0 Å². The van der Waals surface area contributed by atoms with E-state index in [0.29, 0.717) is 32.5 Å². The van der Waals surface area contributed by atoms with Crippen LogP contribution < -0.4 is 5.32 Å². The average Bonchev–Trinajstić information content (AvgIpc) is 2.73. The number of nitro benzene ring substituents is 1. The minimum absolute atomic E-state index is 0.137. The molecule has 9 nitrogen and oxygen atoms in total. The van der Waals surface area contributed by atoms with Crippen LogP contribution in [-0.2, 0) is 10.0 Å². The van der Waals surface area contributed by atoms with E-state index in [1.165, 1.54) is 47.0 Å². The van der Waals surface area contributed by atoms with Crippen molar-refractivity contribution < 1.29 is 18.1 Å². The molecule has 28 heavy (non-hydrogen) atoms. The lowest BCUT2D eigenvalue weighted by Gasteiger charge is -2.31. The highest BCUT2D eigenvalue weighted by Gasteiger charge is 2.29. The molecule has 1 saturated heterocycles. The molecule has 0 bridgehead atoms. The van der Waals surface area contributed by atoms with Crippen molar-refractivity contribution in [2.75, 3.05) is 19.6 Å². The topological polar surface area (TPSA) is 123 Å². The summed E-state index contributed by atoms with van der Waals surface area (Å²) in [7, 11) is -3.55. The molecule has 0 saturated carbocycles. The number of pyridine rings is 1. The molecule has 0 unspecified atom stereocenters. The zero-order chi connectivity index (χ0) is 20.1. The number of hydrogen-bond donors (Lipinski definition) is 1. The molecule has 0 spiro atoms. The minimum atomic E-state index is -3.55. The normalized spacial score (nSPS) is 15.9. The van der Waals surface area contributed by atoms with Crippen LogP contribution in [0.2, 0.25) is 0 Å². The van der Waals surface area contributed by atoms with Crippen LogP contribution in [0.4, 0.5) is 5.69 Å². The van der Waals surface area contributed by atoms with Crippen molar-refractivity contribution in [1.82, 2.24) is 14.6 Å². The summed E-state index contributed by atoms with van der Waals surface area (Å²) in [6.45, 7) is 1.13. The third-order valence-electron chi connectivity index (χ3n) is 4.72. The number of rotatable bonds is 6. The Balaban J connectivity index is 1.53. The maximum atomic E-state index is 12.6. The first-order valence-electron chi connectivity index (χ1n) is 8.81. The van der Waals surface area contributed by atoms with Crippen molar-refractivity contribution in [2.24, 2.45) is 5.92 Å². The van der Waals surface area contributed by atoms with Crippen molar-refractivity contribution in [3.8, 4) is 0 Å². The number of nitrogens with one attached hydrogen (secondary N) is 1. The van der Waals surface area contributed by atoms with Gasteiger partial charge in [0.15, 0.2) is 0 Å². The van der Waals surface area contributed by atoms with Gasteiger partial charge in [-0.25, -0.2) is 8.42 Å². The number of sulfonamides is 1. The number of amides is 1. The highest BCUT2D eigenvalue weighted by atomic mass is 32.2. The van der Waals surface area contributed by atoms with Gasteiger partial charge >= 0.3 is 0 Å². The van der Waals surface area contributed by atoms with Gasteiger partial charge in [-0.1, -0.05) is 6.07 Å². The van der Waals surface area contributed by atoms with E-state index in [9.17, 15) is 23.3 Å². The zero-order valence-corrected chi connectivity index (χ0v) is 15.8. The summed E-state index contributed by atoms with van der Waals surface area (Å²) in [6.07, 6.45) is 4.10. The molecule has 0 atom stereocenters. The van der Waals surface area contributed by atoms with Crippen LogP contribution in [0, 0.1) is 16.0 Å². The predicted molar refractivity (Wildman–Crippen MR) is 101 cm³/mol. The molecule has 1 aromatic carbocycles. The first-order chi connectivity index (χ1) is 13.4. The number of carbonyl (C=O) groups excluding carboxylic acids is 1. The lowest BCUT2D eigenvalue weighted by atomic mass is 9.98. The van der Waals surface area contributed by atoms with Gasteiger partial charge in [0.1, 0.15) is 4.90 Å².